The van der Waals surface area contributed by atoms with E-state index in [0.717, 1.165) is 0 Å². The number of aliphatic hydroxyl groups is 1. The van der Waals surface area contributed by atoms with Crippen LogP contribution in [0.2, 0.25) is 0 Å². The first-order valence-corrected chi connectivity index (χ1v) is 8.55. The number of allylic oxidation sites excluding steroid dienone is 2. The Kier molecular flexibility index (Phi) is 5.07. The smallest absolute Gasteiger partial charge is 0.342 e. The number of rotatable bonds is 6. The van der Waals surface area contributed by atoms with Gasteiger partial charge in [-0.05, 0) is 6.92 Å². The van der Waals surface area contributed by atoms with Crippen molar-refractivity contribution in [2.45, 2.75) is 18.0 Å². The van der Waals surface area contributed by atoms with Crippen molar-refractivity contribution in [1.82, 2.24) is 9.97 Å². The van der Waals surface area contributed by atoms with Crippen molar-refractivity contribution >= 4 is 21.9 Å². The maximum absolute atomic E-state index is 11.5. The second-order valence-electron chi connectivity index (χ2n) is 5.42. The Labute approximate surface area is 144 Å². The minimum atomic E-state index is -4.88. The first-order chi connectivity index (χ1) is 11.6. The fourth-order valence-corrected chi connectivity index (χ4v) is 3.15. The second-order valence-corrected chi connectivity index (χ2v) is 6.76. The number of carboxylic acid groups (broad SMARTS) is 1. The molecule has 10 heteroatoms. The van der Waals surface area contributed by atoms with Crippen LogP contribution in [0.4, 0.5) is 5.82 Å². The van der Waals surface area contributed by atoms with Gasteiger partial charge in [0.1, 0.15) is 17.2 Å². The van der Waals surface area contributed by atoms with Crippen molar-refractivity contribution in [1.29, 1.82) is 0 Å². The summed E-state index contributed by atoms with van der Waals surface area (Å²) in [5, 5.41) is 20.9. The molecule has 0 spiro atoms. The van der Waals surface area contributed by atoms with E-state index in [2.05, 4.69) is 21.9 Å². The highest BCUT2D eigenvalue weighted by Crippen LogP contribution is 2.32. The highest BCUT2D eigenvalue weighted by atomic mass is 32.2. The van der Waals surface area contributed by atoms with Gasteiger partial charge in [-0.2, -0.15) is 8.42 Å². The molecule has 4 N–H and O–H groups in total. The molecule has 0 aromatic carbocycles. The number of anilines is 1. The fourth-order valence-electron chi connectivity index (χ4n) is 2.46. The maximum atomic E-state index is 11.5. The van der Waals surface area contributed by atoms with Gasteiger partial charge < -0.3 is 15.5 Å². The molecule has 25 heavy (non-hydrogen) atoms. The van der Waals surface area contributed by atoms with E-state index in [9.17, 15) is 28.0 Å². The van der Waals surface area contributed by atoms with Crippen molar-refractivity contribution in [2.24, 2.45) is 5.41 Å². The Morgan fingerprint density at radius 1 is 1.44 bits per heavy atom. The number of carbonyl (C=O) groups is 1. The first-order valence-electron chi connectivity index (χ1n) is 7.11. The van der Waals surface area contributed by atoms with E-state index < -0.39 is 38.1 Å². The molecular weight excluding hydrogens is 350 g/mol. The molecule has 2 atom stereocenters. The third-order valence-corrected chi connectivity index (χ3v) is 4.58. The van der Waals surface area contributed by atoms with Crippen molar-refractivity contribution in [3.63, 3.8) is 0 Å². The van der Waals surface area contributed by atoms with Crippen molar-refractivity contribution in [2.75, 3.05) is 11.9 Å². The first kappa shape index (κ1) is 18.8. The average Bonchev–Trinajstić information content (AvgIpc) is 2.54. The van der Waals surface area contributed by atoms with Gasteiger partial charge in [-0.25, -0.2) is 14.8 Å². The van der Waals surface area contributed by atoms with Gasteiger partial charge in [0, 0.05) is 0 Å². The summed E-state index contributed by atoms with van der Waals surface area (Å²) in [5.41, 5.74) is -1.73. The van der Waals surface area contributed by atoms with Gasteiger partial charge in [0.05, 0.1) is 18.1 Å². The predicted octanol–water partition coefficient (Wildman–Crippen LogP) is 0.801. The highest BCUT2D eigenvalue weighted by molar-refractivity contribution is 7.85. The summed E-state index contributed by atoms with van der Waals surface area (Å²) < 4.78 is 32.3. The summed E-state index contributed by atoms with van der Waals surface area (Å²) in [7, 11) is -4.88. The molecule has 1 heterocycles. The topological polar surface area (TPSA) is 150 Å². The SMILES string of the molecule is C=C[C@]1(CO)C=CC=CC1Nc1nc(C)nc(S(=O)(=O)O)c1C(=O)O. The van der Waals surface area contributed by atoms with Gasteiger partial charge >= 0.3 is 16.1 Å². The van der Waals surface area contributed by atoms with Crippen LogP contribution in [-0.4, -0.2) is 51.8 Å². The van der Waals surface area contributed by atoms with Crippen LogP contribution < -0.4 is 5.32 Å². The molecule has 2 rings (SSSR count). The predicted molar refractivity (Wildman–Crippen MR) is 88.9 cm³/mol. The van der Waals surface area contributed by atoms with Gasteiger partial charge in [0.15, 0.2) is 0 Å². The summed E-state index contributed by atoms with van der Waals surface area (Å²) in [6, 6.07) is -0.651. The van der Waals surface area contributed by atoms with E-state index >= 15 is 0 Å². The van der Waals surface area contributed by atoms with E-state index in [1.807, 2.05) is 0 Å². The zero-order chi connectivity index (χ0) is 18.8. The number of hydrogen-bond donors (Lipinski definition) is 4. The average molecular weight is 367 g/mol. The van der Waals surface area contributed by atoms with Crippen LogP contribution in [0.3, 0.4) is 0 Å². The van der Waals surface area contributed by atoms with Crippen LogP contribution in [0.25, 0.3) is 0 Å². The molecule has 0 radical (unpaired) electrons. The number of aromatic carboxylic acids is 1. The molecule has 1 aromatic heterocycles. The molecule has 1 aliphatic carbocycles. The Hall–Kier alpha value is -2.56. The minimum absolute atomic E-state index is 0.0522. The lowest BCUT2D eigenvalue weighted by Gasteiger charge is -2.35. The van der Waals surface area contributed by atoms with Crippen LogP contribution >= 0.6 is 0 Å². The maximum Gasteiger partial charge on any atom is 0.342 e. The van der Waals surface area contributed by atoms with Gasteiger partial charge in [0.2, 0.25) is 5.03 Å². The summed E-state index contributed by atoms with van der Waals surface area (Å²) >= 11 is 0. The molecule has 0 saturated heterocycles. The lowest BCUT2D eigenvalue weighted by molar-refractivity contribution is 0.0691. The standard InChI is InChI=1S/C15H17N3O6S/c1-3-15(8-19)7-5-4-6-10(15)18-12-11(14(20)21)13(25(22,23)24)17-9(2)16-12/h3-7,10,19H,1,8H2,2H3,(H,20,21)(H,16,17,18)(H,22,23,24)/t10?,15-/m1/s1. The zero-order valence-electron chi connectivity index (χ0n) is 13.2. The van der Waals surface area contributed by atoms with E-state index in [-0.39, 0.29) is 18.2 Å². The highest BCUT2D eigenvalue weighted by Gasteiger charge is 2.35. The van der Waals surface area contributed by atoms with Gasteiger partial charge in [-0.1, -0.05) is 30.4 Å². The number of hydrogen-bond acceptors (Lipinski definition) is 7. The molecule has 134 valence electrons. The van der Waals surface area contributed by atoms with Crippen molar-refractivity contribution in [3.8, 4) is 0 Å². The third kappa shape index (κ3) is 3.60. The van der Waals surface area contributed by atoms with E-state index in [1.165, 1.54) is 13.0 Å². The normalized spacial score (nSPS) is 22.6. The van der Waals surface area contributed by atoms with Gasteiger partial charge in [0.25, 0.3) is 0 Å². The molecule has 1 aliphatic rings. The number of nitrogens with zero attached hydrogens (tertiary/aromatic N) is 2. The Morgan fingerprint density at radius 2 is 2.12 bits per heavy atom. The van der Waals surface area contributed by atoms with E-state index in [0.29, 0.717) is 0 Å². The monoisotopic (exact) mass is 367 g/mol. The van der Waals surface area contributed by atoms with Crippen LogP contribution in [0, 0.1) is 12.3 Å². The van der Waals surface area contributed by atoms with Crippen LogP contribution in [0.1, 0.15) is 16.2 Å². The van der Waals surface area contributed by atoms with E-state index in [1.54, 1.807) is 24.3 Å². The van der Waals surface area contributed by atoms with Gasteiger partial charge in [-0.15, -0.1) is 6.58 Å². The summed E-state index contributed by atoms with van der Waals surface area (Å²) in [4.78, 5) is 19.0. The van der Waals surface area contributed by atoms with Crippen LogP contribution in [0.5, 0.6) is 0 Å². The molecule has 0 saturated carbocycles. The fraction of sp³-hybridized carbons (Fsp3) is 0.267. The van der Waals surface area contributed by atoms with Crippen LogP contribution in [-0.2, 0) is 10.1 Å². The second kappa shape index (κ2) is 6.75. The molecule has 1 aromatic rings. The zero-order valence-corrected chi connectivity index (χ0v) is 14.1. The van der Waals surface area contributed by atoms with Crippen molar-refractivity contribution < 1.29 is 28.0 Å². The quantitative estimate of drug-likeness (QED) is 0.325. The molecule has 0 amide bonds. The Balaban J connectivity index is 2.62. The largest absolute Gasteiger partial charge is 0.477 e. The number of aromatic nitrogens is 2. The molecular formula is C15H17N3O6S. The molecule has 1 unspecified atom stereocenters. The minimum Gasteiger partial charge on any atom is -0.477 e. The molecule has 0 aliphatic heterocycles. The Morgan fingerprint density at radius 3 is 2.64 bits per heavy atom. The lowest BCUT2D eigenvalue weighted by atomic mass is 9.78. The summed E-state index contributed by atoms with van der Waals surface area (Å²) in [6.45, 7) is 4.71. The Bertz CT molecular complexity index is 877. The number of aliphatic hydroxyl groups excluding tert-OH is 1. The van der Waals surface area contributed by atoms with Gasteiger partial charge in [-0.3, -0.25) is 4.55 Å². The van der Waals surface area contributed by atoms with Crippen molar-refractivity contribution in [3.05, 3.63) is 48.3 Å². The third-order valence-electron chi connectivity index (χ3n) is 3.79. The number of carboxylic acids is 1. The summed E-state index contributed by atoms with van der Waals surface area (Å²) in [6.07, 6.45) is 8.18. The molecule has 0 fully saturated rings. The lowest BCUT2D eigenvalue weighted by Crippen LogP contribution is -2.41. The van der Waals surface area contributed by atoms with E-state index in [4.69, 9.17) is 0 Å². The van der Waals surface area contributed by atoms with Crippen LogP contribution in [0.15, 0.2) is 42.0 Å². The summed E-state index contributed by atoms with van der Waals surface area (Å²) in [5.74, 6) is -1.97. The number of nitrogens with one attached hydrogen (secondary N) is 1. The number of aryl methyl sites for hydroxylation is 1. The molecule has 0 bridgehead atoms. The molecule has 9 nitrogen and oxygen atoms in total.